The van der Waals surface area contributed by atoms with Crippen LogP contribution in [-0.4, -0.2) is 49.0 Å². The molecule has 0 rings (SSSR count). The summed E-state index contributed by atoms with van der Waals surface area (Å²) in [5.41, 5.74) is -2.00. The van der Waals surface area contributed by atoms with Gasteiger partial charge in [-0.3, -0.25) is 18.6 Å². The highest BCUT2D eigenvalue weighted by Crippen LogP contribution is 2.20. The summed E-state index contributed by atoms with van der Waals surface area (Å²) < 4.78 is 68.6. The Kier molecular flexibility index (Phi) is 7.11. The smallest absolute Gasteiger partial charge is 0.357 e. The summed E-state index contributed by atoms with van der Waals surface area (Å²) in [6, 6.07) is 0. The van der Waals surface area contributed by atoms with E-state index in [0.29, 0.717) is 0 Å². The molecule has 13 heteroatoms. The number of hydrogen-bond acceptors (Lipinski definition) is 7. The highest BCUT2D eigenvalue weighted by Gasteiger charge is 2.43. The van der Waals surface area contributed by atoms with Crippen molar-refractivity contribution in [3.05, 3.63) is 0 Å². The fraction of sp³-hybridized carbons (Fsp3) is 0.750. The number of thiocarbonyl (C=S) groups is 1. The number of carbonyl (C=O) groups excluding carboxylic acids is 1. The van der Waals surface area contributed by atoms with Crippen molar-refractivity contribution in [1.82, 2.24) is 9.44 Å². The maximum atomic E-state index is 11.9. The largest absolute Gasteiger partial charge is 0.465 e. The summed E-state index contributed by atoms with van der Waals surface area (Å²) in [5.74, 6) is -1.05. The van der Waals surface area contributed by atoms with Gasteiger partial charge in [-0.15, -0.1) is 0 Å². The van der Waals surface area contributed by atoms with Gasteiger partial charge in [0.2, 0.25) is 0 Å². The molecular weight excluding hydrogens is 348 g/mol. The SMILES string of the molecule is CCOC(=O)C(CC)(CC(=S)NS(=O)(=O)O)NS(=O)(=O)O. The van der Waals surface area contributed by atoms with E-state index < -0.39 is 43.5 Å². The standard InChI is InChI=1S/C8H16N2O8S3/c1-3-8(7(11)18-4-2,10-21(15,16)17)5-6(19)9-20(12,13)14/h10H,3-5H2,1-2H3,(H,9,19)(H,12,13,14)(H,15,16,17). The molecule has 124 valence electrons. The van der Waals surface area contributed by atoms with Crippen molar-refractivity contribution in [3.8, 4) is 0 Å². The summed E-state index contributed by atoms with van der Waals surface area (Å²) in [4.78, 5) is 11.4. The monoisotopic (exact) mass is 364 g/mol. The Morgan fingerprint density at radius 1 is 1.19 bits per heavy atom. The quantitative estimate of drug-likeness (QED) is 0.246. The van der Waals surface area contributed by atoms with E-state index in [4.69, 9.17) is 13.8 Å². The van der Waals surface area contributed by atoms with E-state index in [1.807, 2.05) is 0 Å². The molecule has 0 saturated carbocycles. The number of hydrogen-bond donors (Lipinski definition) is 4. The van der Waals surface area contributed by atoms with E-state index in [-0.39, 0.29) is 13.0 Å². The lowest BCUT2D eigenvalue weighted by Gasteiger charge is -2.29. The van der Waals surface area contributed by atoms with Gasteiger partial charge in [-0.1, -0.05) is 19.1 Å². The average Bonchev–Trinajstić information content (AvgIpc) is 2.23. The van der Waals surface area contributed by atoms with Gasteiger partial charge >= 0.3 is 26.6 Å². The molecular formula is C8H16N2O8S3. The minimum absolute atomic E-state index is 0.0772. The van der Waals surface area contributed by atoms with Crippen LogP contribution in [0.15, 0.2) is 0 Å². The lowest BCUT2D eigenvalue weighted by Crippen LogP contribution is -2.57. The molecule has 21 heavy (non-hydrogen) atoms. The summed E-state index contributed by atoms with van der Waals surface area (Å²) in [7, 11) is -9.47. The van der Waals surface area contributed by atoms with Crippen LogP contribution in [0.4, 0.5) is 0 Å². The summed E-state index contributed by atoms with van der Waals surface area (Å²) >= 11 is 4.63. The highest BCUT2D eigenvalue weighted by molar-refractivity contribution is 7.87. The van der Waals surface area contributed by atoms with Gasteiger partial charge < -0.3 is 4.74 Å². The minimum Gasteiger partial charge on any atom is -0.465 e. The van der Waals surface area contributed by atoms with Gasteiger partial charge in [0.05, 0.1) is 11.6 Å². The molecule has 0 aliphatic heterocycles. The van der Waals surface area contributed by atoms with Crippen molar-refractivity contribution in [2.24, 2.45) is 0 Å². The predicted molar refractivity (Wildman–Crippen MR) is 76.2 cm³/mol. The van der Waals surface area contributed by atoms with Gasteiger partial charge in [-0.25, -0.2) is 0 Å². The van der Waals surface area contributed by atoms with Gasteiger partial charge in [0.1, 0.15) is 5.54 Å². The molecule has 1 atom stereocenters. The summed E-state index contributed by atoms with van der Waals surface area (Å²) in [5, 5.41) is 0. The Labute approximate surface area is 128 Å². The Balaban J connectivity index is 5.48. The van der Waals surface area contributed by atoms with Crippen molar-refractivity contribution < 1.29 is 35.5 Å². The zero-order valence-electron chi connectivity index (χ0n) is 11.2. The minimum atomic E-state index is -4.80. The molecule has 0 aromatic heterocycles. The number of rotatable bonds is 8. The molecule has 0 aromatic rings. The molecule has 10 nitrogen and oxygen atoms in total. The van der Waals surface area contributed by atoms with E-state index in [9.17, 15) is 21.6 Å². The van der Waals surface area contributed by atoms with Crippen LogP contribution in [0.2, 0.25) is 0 Å². The highest BCUT2D eigenvalue weighted by atomic mass is 32.2. The first-order valence-electron chi connectivity index (χ1n) is 5.57. The molecule has 1 unspecified atom stereocenters. The fourth-order valence-electron chi connectivity index (χ4n) is 1.46. The number of esters is 1. The first kappa shape index (κ1) is 20.1. The van der Waals surface area contributed by atoms with Crippen LogP contribution >= 0.6 is 12.2 Å². The van der Waals surface area contributed by atoms with Crippen molar-refractivity contribution in [2.45, 2.75) is 32.2 Å². The normalized spacial score (nSPS) is 15.0. The van der Waals surface area contributed by atoms with Crippen molar-refractivity contribution in [3.63, 3.8) is 0 Å². The van der Waals surface area contributed by atoms with Crippen LogP contribution in [0.5, 0.6) is 0 Å². The Morgan fingerprint density at radius 2 is 1.71 bits per heavy atom. The third kappa shape index (κ3) is 7.63. The Hall–Kier alpha value is -0.860. The third-order valence-electron chi connectivity index (χ3n) is 2.30. The second-order valence-electron chi connectivity index (χ2n) is 3.91. The van der Waals surface area contributed by atoms with Crippen LogP contribution < -0.4 is 9.44 Å². The summed E-state index contributed by atoms with van der Waals surface area (Å²) in [6.45, 7) is 2.79. The zero-order chi connectivity index (χ0) is 16.9. The van der Waals surface area contributed by atoms with Crippen LogP contribution in [0, 0.1) is 0 Å². The zero-order valence-corrected chi connectivity index (χ0v) is 13.6. The molecule has 0 fully saturated rings. The van der Waals surface area contributed by atoms with Crippen molar-refractivity contribution >= 4 is 43.8 Å². The fourth-order valence-corrected chi connectivity index (χ4v) is 3.18. The Bertz CT molecular complexity index is 599. The second-order valence-corrected chi connectivity index (χ2v) is 6.71. The van der Waals surface area contributed by atoms with E-state index in [1.165, 1.54) is 18.6 Å². The van der Waals surface area contributed by atoms with Crippen molar-refractivity contribution in [2.75, 3.05) is 6.61 Å². The molecule has 0 saturated heterocycles. The molecule has 0 aliphatic rings. The van der Waals surface area contributed by atoms with Gasteiger partial charge in [-0.2, -0.15) is 21.6 Å². The average molecular weight is 364 g/mol. The molecule has 0 spiro atoms. The maximum absolute atomic E-state index is 11.9. The van der Waals surface area contributed by atoms with E-state index in [2.05, 4.69) is 12.2 Å². The molecule has 0 radical (unpaired) electrons. The molecule has 0 aromatic carbocycles. The first-order valence-corrected chi connectivity index (χ1v) is 8.85. The predicted octanol–water partition coefficient (Wildman–Crippen LogP) is -0.799. The van der Waals surface area contributed by atoms with Gasteiger partial charge in [-0.05, 0) is 13.3 Å². The van der Waals surface area contributed by atoms with E-state index in [1.54, 1.807) is 4.72 Å². The van der Waals surface area contributed by atoms with E-state index in [0.717, 1.165) is 0 Å². The molecule has 0 bridgehead atoms. The van der Waals surface area contributed by atoms with E-state index >= 15 is 0 Å². The molecule has 0 amide bonds. The second kappa shape index (κ2) is 7.42. The molecule has 0 heterocycles. The molecule has 0 aliphatic carbocycles. The number of nitrogens with one attached hydrogen (secondary N) is 2. The van der Waals surface area contributed by atoms with Crippen LogP contribution in [0.1, 0.15) is 26.7 Å². The topological polar surface area (TPSA) is 159 Å². The van der Waals surface area contributed by atoms with Crippen molar-refractivity contribution in [1.29, 1.82) is 0 Å². The molecule has 4 N–H and O–H groups in total. The maximum Gasteiger partial charge on any atom is 0.357 e. The number of carbonyl (C=O) groups is 1. The van der Waals surface area contributed by atoms with Gasteiger partial charge in [0, 0.05) is 6.42 Å². The van der Waals surface area contributed by atoms with Crippen LogP contribution in [-0.2, 0) is 30.1 Å². The first-order chi connectivity index (χ1) is 9.35. The Morgan fingerprint density at radius 3 is 2.05 bits per heavy atom. The lowest BCUT2D eigenvalue weighted by atomic mass is 9.93. The lowest BCUT2D eigenvalue weighted by molar-refractivity contribution is -0.150. The van der Waals surface area contributed by atoms with Gasteiger partial charge in [0.15, 0.2) is 0 Å². The summed E-state index contributed by atoms with van der Waals surface area (Å²) in [6.07, 6.45) is -0.837. The van der Waals surface area contributed by atoms with Gasteiger partial charge in [0.25, 0.3) is 0 Å². The number of ether oxygens (including phenoxy) is 1. The van der Waals surface area contributed by atoms with Crippen LogP contribution in [0.25, 0.3) is 0 Å². The van der Waals surface area contributed by atoms with Crippen LogP contribution in [0.3, 0.4) is 0 Å². The third-order valence-corrected chi connectivity index (χ3v) is 3.83.